The molecule has 188 valence electrons. The van der Waals surface area contributed by atoms with Gasteiger partial charge in [-0.2, -0.15) is 0 Å². The Bertz CT molecular complexity index is 833. The molecule has 3 aliphatic carbocycles. The van der Waals surface area contributed by atoms with Gasteiger partial charge in [-0.05, 0) is 68.0 Å². The van der Waals surface area contributed by atoms with Crippen molar-refractivity contribution in [2.45, 2.75) is 138 Å². The first-order valence-corrected chi connectivity index (χ1v) is 13.2. The van der Waals surface area contributed by atoms with E-state index in [1.165, 1.54) is 0 Å². The molecule has 3 rings (SSSR count). The van der Waals surface area contributed by atoms with Crippen LogP contribution in [0.15, 0.2) is 11.1 Å². The van der Waals surface area contributed by atoms with Crippen molar-refractivity contribution in [2.24, 2.45) is 54.1 Å². The van der Waals surface area contributed by atoms with Crippen LogP contribution in [0.25, 0.3) is 0 Å². The van der Waals surface area contributed by atoms with E-state index in [2.05, 4.69) is 138 Å². The third kappa shape index (κ3) is 2.20. The smallest absolute Gasteiger partial charge is 0.000357 e. The van der Waals surface area contributed by atoms with E-state index in [-0.39, 0.29) is 54.1 Å². The molecule has 0 spiro atoms. The number of hydrogen-bond donors (Lipinski definition) is 0. The molecule has 1 saturated carbocycles. The van der Waals surface area contributed by atoms with Crippen LogP contribution in [0.4, 0.5) is 0 Å². The maximum Gasteiger partial charge on any atom is -0.000357 e. The van der Waals surface area contributed by atoms with Gasteiger partial charge in [-0.25, -0.2) is 0 Å². The Balaban J connectivity index is 3.53. The van der Waals surface area contributed by atoms with Gasteiger partial charge in [0.05, 0.1) is 0 Å². The zero-order valence-corrected chi connectivity index (χ0v) is 26.0. The number of rotatable bonds is 0. The Morgan fingerprint density at radius 3 is 0.875 bits per heavy atom. The van der Waals surface area contributed by atoms with E-state index in [9.17, 15) is 0 Å². The third-order valence-electron chi connectivity index (χ3n) is 16.3. The molecule has 2 atom stereocenters. The number of allylic oxidation sites excluding steroid dienone is 2. The molecule has 0 aliphatic heterocycles. The van der Waals surface area contributed by atoms with Gasteiger partial charge in [0.2, 0.25) is 0 Å². The van der Waals surface area contributed by atoms with Crippen LogP contribution in [-0.4, -0.2) is 0 Å². The van der Waals surface area contributed by atoms with Gasteiger partial charge in [-0.1, -0.05) is 136 Å². The lowest BCUT2D eigenvalue weighted by molar-refractivity contribution is -0.239. The summed E-state index contributed by atoms with van der Waals surface area (Å²) in [6.07, 6.45) is 0. The van der Waals surface area contributed by atoms with Crippen LogP contribution in [0, 0.1) is 54.1 Å². The van der Waals surface area contributed by atoms with Crippen molar-refractivity contribution in [2.75, 3.05) is 0 Å². The van der Waals surface area contributed by atoms with E-state index in [1.807, 2.05) is 0 Å². The summed E-state index contributed by atoms with van der Waals surface area (Å²) in [4.78, 5) is 0. The maximum atomic E-state index is 2.67. The van der Waals surface area contributed by atoms with E-state index in [1.54, 1.807) is 11.1 Å². The second kappa shape index (κ2) is 6.29. The van der Waals surface area contributed by atoms with Gasteiger partial charge in [0, 0.05) is 0 Å². The Morgan fingerprint density at radius 1 is 0.312 bits per heavy atom. The molecule has 0 amide bonds. The van der Waals surface area contributed by atoms with E-state index in [4.69, 9.17) is 0 Å². The molecular formula is C32H60. The molecule has 0 N–H and O–H groups in total. The van der Waals surface area contributed by atoms with Crippen molar-refractivity contribution >= 4 is 0 Å². The summed E-state index contributed by atoms with van der Waals surface area (Å²) in [5.74, 6) is 0. The minimum absolute atomic E-state index is 0.0185. The summed E-state index contributed by atoms with van der Waals surface area (Å²) < 4.78 is 0. The van der Waals surface area contributed by atoms with E-state index in [0.717, 1.165) is 0 Å². The van der Waals surface area contributed by atoms with E-state index in [0.29, 0.717) is 0 Å². The molecule has 0 radical (unpaired) electrons. The van der Waals surface area contributed by atoms with Crippen LogP contribution in [0.2, 0.25) is 0 Å². The number of fused-ring (bicyclic) bond motifs is 6. The Kier molecular flexibility index (Phi) is 5.50. The monoisotopic (exact) mass is 444 g/mol. The van der Waals surface area contributed by atoms with Gasteiger partial charge >= 0.3 is 0 Å². The minimum atomic E-state index is 0.0185. The largest absolute Gasteiger partial charge is 0.0676 e. The lowest BCUT2D eigenvalue weighted by Gasteiger charge is -2.74. The normalized spacial score (nSPS) is 40.1. The fourth-order valence-corrected chi connectivity index (χ4v) is 10.1. The van der Waals surface area contributed by atoms with Gasteiger partial charge in [0.25, 0.3) is 0 Å². The average Bonchev–Trinajstić information content (AvgIpc) is 2.62. The summed E-state index contributed by atoms with van der Waals surface area (Å²) in [6.45, 7) is 51.9. The molecule has 3 aliphatic rings. The first-order valence-electron chi connectivity index (χ1n) is 13.2. The first kappa shape index (κ1) is 28.0. The molecule has 2 bridgehead atoms. The Morgan fingerprint density at radius 2 is 0.562 bits per heavy atom. The standard InChI is InChI=1S/C32H60/c1-21-22(2)31(19)27(11,12)24(5,6)25(7,8)29(15,16)32(20,23(21,3)4)30(17,18)26(9,10)28(31,13)14/h1-20H3. The number of hydrogen-bond acceptors (Lipinski definition) is 0. The Hall–Kier alpha value is -0.260. The van der Waals surface area contributed by atoms with Crippen LogP contribution in [0.1, 0.15) is 138 Å². The molecule has 2 unspecified atom stereocenters. The topological polar surface area (TPSA) is 0 Å². The van der Waals surface area contributed by atoms with Gasteiger partial charge in [0.15, 0.2) is 0 Å². The van der Waals surface area contributed by atoms with Crippen molar-refractivity contribution in [1.29, 1.82) is 0 Å². The summed E-state index contributed by atoms with van der Waals surface area (Å²) in [5.41, 5.74) is 3.92. The molecule has 0 aromatic carbocycles. The van der Waals surface area contributed by atoms with Gasteiger partial charge < -0.3 is 0 Å². The second-order valence-electron chi connectivity index (χ2n) is 16.5. The first-order chi connectivity index (χ1) is 13.6. The van der Waals surface area contributed by atoms with Crippen molar-refractivity contribution in [3.63, 3.8) is 0 Å². The fraction of sp³-hybridized carbons (Fsp3) is 0.938. The summed E-state index contributed by atoms with van der Waals surface area (Å²) >= 11 is 0. The van der Waals surface area contributed by atoms with Crippen LogP contribution in [0.5, 0.6) is 0 Å². The van der Waals surface area contributed by atoms with Crippen molar-refractivity contribution < 1.29 is 0 Å². The highest BCUT2D eigenvalue weighted by molar-refractivity contribution is 5.39. The molecule has 0 saturated heterocycles. The van der Waals surface area contributed by atoms with Crippen LogP contribution in [0.3, 0.4) is 0 Å². The predicted molar refractivity (Wildman–Crippen MR) is 145 cm³/mol. The molecule has 0 nitrogen and oxygen atoms in total. The molecule has 0 heterocycles. The second-order valence-corrected chi connectivity index (χ2v) is 16.5. The van der Waals surface area contributed by atoms with Crippen molar-refractivity contribution in [3.05, 3.63) is 11.1 Å². The highest BCUT2D eigenvalue weighted by Crippen LogP contribution is 2.84. The molecule has 0 aromatic rings. The highest BCUT2D eigenvalue weighted by Gasteiger charge is 2.78. The fourth-order valence-electron chi connectivity index (χ4n) is 10.1. The van der Waals surface area contributed by atoms with Gasteiger partial charge in [-0.3, -0.25) is 0 Å². The SMILES string of the molecule is CC1=C(C)C2(C)C(C)(C)C(C)(C)C(C)(C)C(C)(C)C(C)(C1(C)C)C(C)(C)C(C)(C)C2(C)C. The van der Waals surface area contributed by atoms with Gasteiger partial charge in [-0.15, -0.1) is 0 Å². The predicted octanol–water partition coefficient (Wildman–Crippen LogP) is 10.6. The molecule has 32 heavy (non-hydrogen) atoms. The molecule has 0 aromatic heterocycles. The molecule has 0 heteroatoms. The molecule has 1 fully saturated rings. The zero-order chi connectivity index (χ0) is 26.2. The van der Waals surface area contributed by atoms with Crippen LogP contribution >= 0.6 is 0 Å². The third-order valence-corrected chi connectivity index (χ3v) is 16.3. The quantitative estimate of drug-likeness (QED) is 0.326. The zero-order valence-electron chi connectivity index (χ0n) is 26.0. The van der Waals surface area contributed by atoms with E-state index < -0.39 is 0 Å². The van der Waals surface area contributed by atoms with Crippen molar-refractivity contribution in [3.8, 4) is 0 Å². The van der Waals surface area contributed by atoms with Crippen molar-refractivity contribution in [1.82, 2.24) is 0 Å². The minimum Gasteiger partial charge on any atom is -0.0676 e. The lowest BCUT2D eigenvalue weighted by Crippen LogP contribution is -2.68. The highest BCUT2D eigenvalue weighted by atomic mass is 14.8. The molecular weight excluding hydrogens is 384 g/mol. The maximum absolute atomic E-state index is 2.67. The van der Waals surface area contributed by atoms with E-state index >= 15 is 0 Å². The summed E-state index contributed by atoms with van der Waals surface area (Å²) in [6, 6.07) is 0. The summed E-state index contributed by atoms with van der Waals surface area (Å²) in [5, 5.41) is 0. The average molecular weight is 445 g/mol. The van der Waals surface area contributed by atoms with Crippen LogP contribution < -0.4 is 0 Å². The summed E-state index contributed by atoms with van der Waals surface area (Å²) in [7, 11) is 0. The lowest BCUT2D eigenvalue weighted by atomic mass is 9.30. The Labute approximate surface area is 203 Å². The van der Waals surface area contributed by atoms with Crippen LogP contribution in [-0.2, 0) is 0 Å². The van der Waals surface area contributed by atoms with Gasteiger partial charge in [0.1, 0.15) is 0 Å².